The van der Waals surface area contributed by atoms with Gasteiger partial charge in [0.05, 0.1) is 0 Å². The third-order valence-corrected chi connectivity index (χ3v) is 5.47. The van der Waals surface area contributed by atoms with Crippen LogP contribution in [0.1, 0.15) is 64.7 Å². The molecule has 0 aromatic carbocycles. The molecule has 3 fully saturated rings. The molecule has 1 heterocycles. The van der Waals surface area contributed by atoms with Crippen LogP contribution in [0, 0.1) is 11.8 Å². The van der Waals surface area contributed by atoms with Crippen molar-refractivity contribution in [2.45, 2.75) is 76.8 Å². The van der Waals surface area contributed by atoms with E-state index in [0.717, 1.165) is 31.7 Å². The first-order chi connectivity index (χ1) is 10.1. The van der Waals surface area contributed by atoms with Gasteiger partial charge >= 0.3 is 0 Å². The second kappa shape index (κ2) is 6.37. The number of nitrogens with zero attached hydrogens (tertiary/aromatic N) is 1. The van der Waals surface area contributed by atoms with E-state index in [1.54, 1.807) is 0 Å². The molecule has 1 saturated heterocycles. The predicted molar refractivity (Wildman–Crippen MR) is 81.6 cm³/mol. The van der Waals surface area contributed by atoms with Crippen LogP contribution in [-0.2, 0) is 9.59 Å². The van der Waals surface area contributed by atoms with Crippen LogP contribution >= 0.6 is 0 Å². The number of carbonyl (C=O) groups is 2. The molecule has 118 valence electrons. The van der Waals surface area contributed by atoms with Gasteiger partial charge in [-0.25, -0.2) is 0 Å². The second-order valence-corrected chi connectivity index (χ2v) is 7.26. The van der Waals surface area contributed by atoms with E-state index in [0.29, 0.717) is 12.3 Å². The van der Waals surface area contributed by atoms with Gasteiger partial charge in [0.15, 0.2) is 0 Å². The largest absolute Gasteiger partial charge is 0.344 e. The lowest BCUT2D eigenvalue weighted by Gasteiger charge is -2.33. The number of nitrogens with one attached hydrogen (secondary N) is 1. The maximum atomic E-state index is 12.9. The molecule has 0 aromatic rings. The number of hydrogen-bond donors (Lipinski definition) is 1. The Balaban J connectivity index is 1.70. The summed E-state index contributed by atoms with van der Waals surface area (Å²) in [6.45, 7) is 2.86. The Morgan fingerprint density at radius 2 is 1.81 bits per heavy atom. The highest BCUT2D eigenvalue weighted by Gasteiger charge is 2.39. The minimum atomic E-state index is -0.262. The molecule has 1 N–H and O–H groups in total. The summed E-state index contributed by atoms with van der Waals surface area (Å²) in [5.41, 5.74) is 0. The highest BCUT2D eigenvalue weighted by molar-refractivity contribution is 5.90. The summed E-state index contributed by atoms with van der Waals surface area (Å²) in [4.78, 5) is 27.0. The molecule has 2 aliphatic carbocycles. The number of hydrogen-bond acceptors (Lipinski definition) is 2. The second-order valence-electron chi connectivity index (χ2n) is 7.26. The fourth-order valence-electron chi connectivity index (χ4n) is 3.91. The summed E-state index contributed by atoms with van der Waals surface area (Å²) in [7, 11) is 0. The Hall–Kier alpha value is -1.06. The van der Waals surface area contributed by atoms with Gasteiger partial charge in [0, 0.05) is 19.0 Å². The highest BCUT2D eigenvalue weighted by atomic mass is 16.2. The van der Waals surface area contributed by atoms with Crippen LogP contribution in [0.4, 0.5) is 0 Å². The first-order valence-corrected chi connectivity index (χ1v) is 8.75. The third-order valence-electron chi connectivity index (χ3n) is 5.47. The molecule has 2 unspecified atom stereocenters. The van der Waals surface area contributed by atoms with Crippen LogP contribution in [0.15, 0.2) is 0 Å². The first kappa shape index (κ1) is 14.9. The molecule has 1 aliphatic heterocycles. The van der Waals surface area contributed by atoms with Gasteiger partial charge in [0.1, 0.15) is 6.04 Å². The van der Waals surface area contributed by atoms with Crippen molar-refractivity contribution in [3.63, 3.8) is 0 Å². The molecule has 2 amide bonds. The van der Waals surface area contributed by atoms with Crippen molar-refractivity contribution in [3.05, 3.63) is 0 Å². The molecule has 4 heteroatoms. The molecule has 21 heavy (non-hydrogen) atoms. The number of amides is 2. The minimum Gasteiger partial charge on any atom is -0.344 e. The van der Waals surface area contributed by atoms with Gasteiger partial charge in [0.25, 0.3) is 0 Å². The monoisotopic (exact) mass is 292 g/mol. The van der Waals surface area contributed by atoms with E-state index in [4.69, 9.17) is 0 Å². The Morgan fingerprint density at radius 3 is 2.48 bits per heavy atom. The van der Waals surface area contributed by atoms with E-state index >= 15 is 0 Å². The standard InChI is InChI=1S/C17H28N2O2/c1-12-11-15(20)18-16(14-5-3-2-4-6-14)17(21)19(12)10-9-13-7-8-13/h12-14,16H,2-11H2,1H3,(H,18,20). The van der Waals surface area contributed by atoms with Gasteiger partial charge in [0.2, 0.25) is 11.8 Å². The average molecular weight is 292 g/mol. The highest BCUT2D eigenvalue weighted by Crippen LogP contribution is 2.34. The molecule has 0 spiro atoms. The van der Waals surface area contributed by atoms with Gasteiger partial charge < -0.3 is 10.2 Å². The summed E-state index contributed by atoms with van der Waals surface area (Å²) < 4.78 is 0. The molecule has 0 aromatic heterocycles. The van der Waals surface area contributed by atoms with Gasteiger partial charge in [-0.05, 0) is 38.0 Å². The fraction of sp³-hybridized carbons (Fsp3) is 0.882. The lowest BCUT2D eigenvalue weighted by molar-refractivity contribution is -0.136. The molecule has 3 rings (SSSR count). The van der Waals surface area contributed by atoms with Crippen molar-refractivity contribution in [1.29, 1.82) is 0 Å². The maximum Gasteiger partial charge on any atom is 0.245 e. The van der Waals surface area contributed by atoms with Gasteiger partial charge in [-0.15, -0.1) is 0 Å². The Kier molecular flexibility index (Phi) is 4.51. The van der Waals surface area contributed by atoms with Gasteiger partial charge in [-0.2, -0.15) is 0 Å². The molecule has 0 bridgehead atoms. The molecular formula is C17H28N2O2. The van der Waals surface area contributed by atoms with E-state index in [9.17, 15) is 9.59 Å². The van der Waals surface area contributed by atoms with Crippen molar-refractivity contribution in [2.75, 3.05) is 6.54 Å². The van der Waals surface area contributed by atoms with E-state index in [2.05, 4.69) is 5.32 Å². The summed E-state index contributed by atoms with van der Waals surface area (Å²) in [6.07, 6.45) is 10.0. The molecule has 0 radical (unpaired) electrons. The third kappa shape index (κ3) is 3.58. The van der Waals surface area contributed by atoms with Crippen molar-refractivity contribution in [1.82, 2.24) is 10.2 Å². The quantitative estimate of drug-likeness (QED) is 0.865. The van der Waals surface area contributed by atoms with E-state index < -0.39 is 0 Å². The summed E-state index contributed by atoms with van der Waals surface area (Å²) in [5.74, 6) is 1.41. The molecule has 2 atom stereocenters. The summed E-state index contributed by atoms with van der Waals surface area (Å²) >= 11 is 0. The zero-order valence-corrected chi connectivity index (χ0v) is 13.1. The van der Waals surface area contributed by atoms with E-state index in [1.807, 2.05) is 11.8 Å². The Morgan fingerprint density at radius 1 is 1.10 bits per heavy atom. The Bertz CT molecular complexity index is 400. The number of carbonyl (C=O) groups excluding carboxylic acids is 2. The normalized spacial score (nSPS) is 32.0. The van der Waals surface area contributed by atoms with Crippen molar-refractivity contribution >= 4 is 11.8 Å². The van der Waals surface area contributed by atoms with Gasteiger partial charge in [-0.1, -0.05) is 32.1 Å². The average Bonchev–Trinajstić information content (AvgIpc) is 3.29. The van der Waals surface area contributed by atoms with Crippen LogP contribution in [0.2, 0.25) is 0 Å². The summed E-state index contributed by atoms with van der Waals surface area (Å²) in [6, 6.07) is -0.216. The number of rotatable bonds is 4. The Labute approximate surface area is 127 Å². The van der Waals surface area contributed by atoms with Crippen LogP contribution in [-0.4, -0.2) is 35.3 Å². The topological polar surface area (TPSA) is 49.4 Å². The molecule has 3 aliphatic rings. The smallest absolute Gasteiger partial charge is 0.245 e. The summed E-state index contributed by atoms with van der Waals surface area (Å²) in [5, 5.41) is 3.03. The molecule has 2 saturated carbocycles. The van der Waals surface area contributed by atoms with E-state index in [-0.39, 0.29) is 23.9 Å². The zero-order valence-electron chi connectivity index (χ0n) is 13.1. The van der Waals surface area contributed by atoms with Crippen molar-refractivity contribution in [2.24, 2.45) is 11.8 Å². The zero-order chi connectivity index (χ0) is 14.8. The minimum absolute atomic E-state index is 0.0461. The van der Waals surface area contributed by atoms with Crippen molar-refractivity contribution < 1.29 is 9.59 Å². The maximum absolute atomic E-state index is 12.9. The van der Waals surface area contributed by atoms with Crippen molar-refractivity contribution in [3.8, 4) is 0 Å². The first-order valence-electron chi connectivity index (χ1n) is 8.75. The van der Waals surface area contributed by atoms with E-state index in [1.165, 1.54) is 32.1 Å². The molecule has 4 nitrogen and oxygen atoms in total. The van der Waals surface area contributed by atoms with Crippen LogP contribution in [0.3, 0.4) is 0 Å². The van der Waals surface area contributed by atoms with Crippen LogP contribution in [0.5, 0.6) is 0 Å². The fourth-order valence-corrected chi connectivity index (χ4v) is 3.91. The SMILES string of the molecule is CC1CC(=O)NC(C2CCCCC2)C(=O)N1CCC1CC1. The van der Waals surface area contributed by atoms with Crippen LogP contribution < -0.4 is 5.32 Å². The lowest BCUT2D eigenvalue weighted by atomic mass is 9.83. The molecular weight excluding hydrogens is 264 g/mol. The lowest BCUT2D eigenvalue weighted by Crippen LogP contribution is -2.50. The van der Waals surface area contributed by atoms with Gasteiger partial charge in [-0.3, -0.25) is 9.59 Å². The van der Waals surface area contributed by atoms with Crippen LogP contribution in [0.25, 0.3) is 0 Å². The predicted octanol–water partition coefficient (Wildman–Crippen LogP) is 2.47.